The lowest BCUT2D eigenvalue weighted by Gasteiger charge is -2.15. The molecule has 2 amide bonds. The molecule has 1 aliphatic heterocycles. The van der Waals surface area contributed by atoms with Crippen LogP contribution in [0, 0.1) is 5.82 Å². The number of hydrogen-bond donors (Lipinski definition) is 1. The van der Waals surface area contributed by atoms with E-state index >= 15 is 0 Å². The number of anilines is 1. The molecule has 1 aliphatic carbocycles. The summed E-state index contributed by atoms with van der Waals surface area (Å²) < 4.78 is 14.0. The van der Waals surface area contributed by atoms with Crippen LogP contribution in [0.1, 0.15) is 19.3 Å². The molecule has 2 fully saturated rings. The van der Waals surface area contributed by atoms with Crippen molar-refractivity contribution in [3.63, 3.8) is 0 Å². The van der Waals surface area contributed by atoms with E-state index in [4.69, 9.17) is 0 Å². The number of thioether (sulfide) groups is 1. The first kappa shape index (κ1) is 19.1. The third kappa shape index (κ3) is 4.44. The molecule has 0 spiro atoms. The van der Waals surface area contributed by atoms with Gasteiger partial charge in [-0.3, -0.25) is 14.5 Å². The van der Waals surface area contributed by atoms with E-state index in [-0.39, 0.29) is 30.1 Å². The van der Waals surface area contributed by atoms with E-state index in [0.717, 1.165) is 17.3 Å². The topological polar surface area (TPSA) is 61.8 Å². The largest absolute Gasteiger partial charge is 0.326 e. The SMILES string of the molecule is O=C(CC1SC(=Nc2ccc(F)cc2)N(C2CC2)C1=O)Nc1ccc(Br)cc1. The average Bonchev–Trinajstić information content (AvgIpc) is 3.45. The van der Waals surface area contributed by atoms with Gasteiger partial charge in [0.25, 0.3) is 0 Å². The molecule has 8 heteroatoms. The van der Waals surface area contributed by atoms with Crippen molar-refractivity contribution in [1.29, 1.82) is 0 Å². The van der Waals surface area contributed by atoms with Crippen LogP contribution < -0.4 is 5.32 Å². The minimum absolute atomic E-state index is 0.0746. The number of benzene rings is 2. The number of halogens is 2. The Morgan fingerprint density at radius 3 is 2.50 bits per heavy atom. The molecule has 1 unspecified atom stereocenters. The van der Waals surface area contributed by atoms with E-state index in [1.54, 1.807) is 29.2 Å². The van der Waals surface area contributed by atoms with E-state index in [1.165, 1.54) is 23.9 Å². The van der Waals surface area contributed by atoms with Crippen molar-refractivity contribution in [3.8, 4) is 0 Å². The predicted molar refractivity (Wildman–Crippen MR) is 112 cm³/mol. The van der Waals surface area contributed by atoms with Gasteiger partial charge >= 0.3 is 0 Å². The van der Waals surface area contributed by atoms with Crippen molar-refractivity contribution in [2.24, 2.45) is 4.99 Å². The second kappa shape index (κ2) is 8.05. The summed E-state index contributed by atoms with van der Waals surface area (Å²) in [6.07, 6.45) is 1.95. The number of amides is 2. The van der Waals surface area contributed by atoms with Gasteiger partial charge in [0.2, 0.25) is 11.8 Å². The predicted octanol–water partition coefficient (Wildman–Crippen LogP) is 4.71. The van der Waals surface area contributed by atoms with Gasteiger partial charge < -0.3 is 5.32 Å². The Kier molecular flexibility index (Phi) is 5.50. The first-order chi connectivity index (χ1) is 13.5. The summed E-state index contributed by atoms with van der Waals surface area (Å²) in [5.74, 6) is -0.632. The van der Waals surface area contributed by atoms with Crippen molar-refractivity contribution in [3.05, 3.63) is 58.8 Å². The van der Waals surface area contributed by atoms with Crippen molar-refractivity contribution in [1.82, 2.24) is 4.90 Å². The second-order valence-corrected chi connectivity index (χ2v) is 8.76. The summed E-state index contributed by atoms with van der Waals surface area (Å²) in [6, 6.07) is 13.3. The van der Waals surface area contributed by atoms with Crippen LogP contribution in [0.5, 0.6) is 0 Å². The summed E-state index contributed by atoms with van der Waals surface area (Å²) in [5.41, 5.74) is 1.27. The van der Waals surface area contributed by atoms with Crippen molar-refractivity contribution < 1.29 is 14.0 Å². The molecule has 4 rings (SSSR count). The van der Waals surface area contributed by atoms with Crippen LogP contribution in [0.15, 0.2) is 58.0 Å². The lowest BCUT2D eigenvalue weighted by atomic mass is 10.2. The van der Waals surface area contributed by atoms with Gasteiger partial charge in [-0.2, -0.15) is 0 Å². The molecule has 1 saturated heterocycles. The molecule has 0 aromatic heterocycles. The first-order valence-corrected chi connectivity index (χ1v) is 10.6. The third-order valence-electron chi connectivity index (χ3n) is 4.43. The fourth-order valence-electron chi connectivity index (χ4n) is 2.90. The standard InChI is InChI=1S/C20H17BrFN3O2S/c21-12-1-5-14(6-2-12)23-18(26)11-17-19(27)25(16-9-10-16)20(28-17)24-15-7-3-13(22)4-8-15/h1-8,16-17H,9-11H2,(H,23,26). The van der Waals surface area contributed by atoms with E-state index < -0.39 is 5.25 Å². The Bertz CT molecular complexity index is 929. The van der Waals surface area contributed by atoms with Gasteiger partial charge in [-0.25, -0.2) is 9.38 Å². The van der Waals surface area contributed by atoms with Crippen LogP contribution in [-0.4, -0.2) is 33.2 Å². The zero-order valence-electron chi connectivity index (χ0n) is 14.8. The zero-order chi connectivity index (χ0) is 19.7. The Morgan fingerprint density at radius 2 is 1.86 bits per heavy atom. The minimum atomic E-state index is -0.504. The van der Waals surface area contributed by atoms with Crippen molar-refractivity contribution in [2.45, 2.75) is 30.6 Å². The van der Waals surface area contributed by atoms with Gasteiger partial charge in [0, 0.05) is 22.6 Å². The maximum Gasteiger partial charge on any atom is 0.242 e. The fourth-order valence-corrected chi connectivity index (χ4v) is 4.38. The maximum atomic E-state index is 13.1. The molecule has 0 bridgehead atoms. The van der Waals surface area contributed by atoms with Crippen LogP contribution in [0.4, 0.5) is 15.8 Å². The second-order valence-electron chi connectivity index (χ2n) is 6.68. The van der Waals surface area contributed by atoms with E-state index in [2.05, 4.69) is 26.2 Å². The molecule has 2 aromatic rings. The van der Waals surface area contributed by atoms with E-state index in [0.29, 0.717) is 16.5 Å². The van der Waals surface area contributed by atoms with Crippen LogP contribution >= 0.6 is 27.7 Å². The minimum Gasteiger partial charge on any atom is -0.326 e. The lowest BCUT2D eigenvalue weighted by Crippen LogP contribution is -2.35. The summed E-state index contributed by atoms with van der Waals surface area (Å²) in [6.45, 7) is 0. The number of nitrogens with zero attached hydrogens (tertiary/aromatic N) is 2. The summed E-state index contributed by atoms with van der Waals surface area (Å²) in [7, 11) is 0. The number of carbonyl (C=O) groups is 2. The number of rotatable bonds is 5. The van der Waals surface area contributed by atoms with Gasteiger partial charge in [-0.05, 0) is 61.4 Å². The molecule has 5 nitrogen and oxygen atoms in total. The summed E-state index contributed by atoms with van der Waals surface area (Å²) >= 11 is 4.65. The number of aliphatic imine (C=N–C) groups is 1. The van der Waals surface area contributed by atoms with Crippen LogP contribution in [-0.2, 0) is 9.59 Å². The van der Waals surface area contributed by atoms with Gasteiger partial charge in [0.05, 0.1) is 5.69 Å². The Morgan fingerprint density at radius 1 is 1.18 bits per heavy atom. The molecular formula is C20H17BrFN3O2S. The molecule has 144 valence electrons. The highest BCUT2D eigenvalue weighted by Crippen LogP contribution is 2.39. The number of amidine groups is 1. The zero-order valence-corrected chi connectivity index (χ0v) is 17.2. The molecule has 1 heterocycles. The van der Waals surface area contributed by atoms with Crippen LogP contribution in [0.25, 0.3) is 0 Å². The molecule has 28 heavy (non-hydrogen) atoms. The Balaban J connectivity index is 1.47. The smallest absolute Gasteiger partial charge is 0.242 e. The summed E-state index contributed by atoms with van der Waals surface area (Å²) in [4.78, 5) is 31.5. The lowest BCUT2D eigenvalue weighted by molar-refractivity contribution is -0.128. The molecule has 2 aliphatic rings. The molecule has 1 atom stereocenters. The van der Waals surface area contributed by atoms with Crippen LogP contribution in [0.3, 0.4) is 0 Å². The fraction of sp³-hybridized carbons (Fsp3) is 0.250. The van der Waals surface area contributed by atoms with Gasteiger partial charge in [0.15, 0.2) is 5.17 Å². The number of nitrogens with one attached hydrogen (secondary N) is 1. The van der Waals surface area contributed by atoms with Crippen molar-refractivity contribution in [2.75, 3.05) is 5.32 Å². The quantitative estimate of drug-likeness (QED) is 0.700. The molecular weight excluding hydrogens is 445 g/mol. The number of hydrogen-bond acceptors (Lipinski definition) is 4. The molecule has 0 radical (unpaired) electrons. The molecule has 2 aromatic carbocycles. The highest BCUT2D eigenvalue weighted by molar-refractivity contribution is 9.10. The normalized spacial score (nSPS) is 20.6. The monoisotopic (exact) mass is 461 g/mol. The van der Waals surface area contributed by atoms with Gasteiger partial charge in [-0.1, -0.05) is 27.7 Å². The van der Waals surface area contributed by atoms with Crippen LogP contribution in [0.2, 0.25) is 0 Å². The van der Waals surface area contributed by atoms with E-state index in [1.807, 2.05) is 12.1 Å². The number of carbonyl (C=O) groups excluding carboxylic acids is 2. The first-order valence-electron chi connectivity index (χ1n) is 8.89. The maximum absolute atomic E-state index is 13.1. The Hall–Kier alpha value is -2.19. The Labute approximate surface area is 174 Å². The highest BCUT2D eigenvalue weighted by Gasteiger charge is 2.46. The molecule has 1 saturated carbocycles. The van der Waals surface area contributed by atoms with E-state index in [9.17, 15) is 14.0 Å². The third-order valence-corrected chi connectivity index (χ3v) is 6.11. The summed E-state index contributed by atoms with van der Waals surface area (Å²) in [5, 5.41) is 2.90. The average molecular weight is 462 g/mol. The van der Waals surface area contributed by atoms with Crippen molar-refractivity contribution >= 4 is 56.0 Å². The van der Waals surface area contributed by atoms with Gasteiger partial charge in [-0.15, -0.1) is 0 Å². The highest BCUT2D eigenvalue weighted by atomic mass is 79.9. The molecule has 1 N–H and O–H groups in total. The van der Waals surface area contributed by atoms with Gasteiger partial charge in [0.1, 0.15) is 11.1 Å².